The predicted octanol–water partition coefficient (Wildman–Crippen LogP) is 0.606. The fraction of sp³-hybridized carbons (Fsp3) is 0.500. The molecule has 4 heteroatoms. The average Bonchev–Trinajstić information content (AvgIpc) is 2.58. The van der Waals surface area contributed by atoms with E-state index in [1.54, 1.807) is 6.20 Å². The first kappa shape index (κ1) is 10.6. The second-order valence-corrected chi connectivity index (χ2v) is 2.84. The molecule has 0 fully saturated rings. The van der Waals surface area contributed by atoms with Crippen LogP contribution in [-0.4, -0.2) is 15.8 Å². The molecule has 0 spiro atoms. The molecule has 4 nitrogen and oxygen atoms in total. The van der Waals surface area contributed by atoms with Gasteiger partial charge >= 0.3 is 5.76 Å². The van der Waals surface area contributed by atoms with Crippen LogP contribution in [0.3, 0.4) is 0 Å². The third-order valence-corrected chi connectivity index (χ3v) is 1.73. The summed E-state index contributed by atoms with van der Waals surface area (Å²) in [6, 6.07) is 0. The Bertz CT molecular complexity index is 380. The van der Waals surface area contributed by atoms with Crippen molar-refractivity contribution in [2.24, 2.45) is 0 Å². The van der Waals surface area contributed by atoms with Crippen molar-refractivity contribution in [3.63, 3.8) is 0 Å². The van der Waals surface area contributed by atoms with Gasteiger partial charge in [-0.05, 0) is 0 Å². The smallest absolute Gasteiger partial charge is 0.416 e. The topological polar surface area (TPSA) is 55.4 Å². The van der Waals surface area contributed by atoms with E-state index in [2.05, 4.69) is 16.3 Å². The largest absolute Gasteiger partial charge is 0.418 e. The first-order valence-electron chi connectivity index (χ1n) is 4.54. The Labute approximate surface area is 82.2 Å². The van der Waals surface area contributed by atoms with Crippen molar-refractivity contribution in [1.29, 1.82) is 0 Å². The van der Waals surface area contributed by atoms with E-state index in [4.69, 9.17) is 0 Å². The van der Waals surface area contributed by atoms with E-state index in [0.29, 0.717) is 13.0 Å². The van der Waals surface area contributed by atoms with Gasteiger partial charge in [0, 0.05) is 25.6 Å². The van der Waals surface area contributed by atoms with E-state index in [1.165, 1.54) is 10.8 Å². The number of aryl methyl sites for hydroxylation is 1. The molecule has 1 heterocycles. The molecule has 0 saturated heterocycles. The molecule has 0 saturated carbocycles. The van der Waals surface area contributed by atoms with E-state index in [-0.39, 0.29) is 0 Å². The number of oxazole rings is 1. The van der Waals surface area contributed by atoms with Crippen LogP contribution >= 0.6 is 0 Å². The lowest BCUT2D eigenvalue weighted by Crippen LogP contribution is -2.17. The average molecular weight is 195 g/mol. The number of hydrogen-bond acceptors (Lipinski definition) is 3. The monoisotopic (exact) mass is 195 g/mol. The zero-order chi connectivity index (χ0) is 10.4. The summed E-state index contributed by atoms with van der Waals surface area (Å²) in [6.07, 6.45) is 3.36. The molecule has 1 rings (SSSR count). The van der Waals surface area contributed by atoms with Crippen LogP contribution in [0.15, 0.2) is 21.7 Å². The van der Waals surface area contributed by atoms with Crippen LogP contribution in [0.25, 0.3) is 0 Å². The van der Waals surface area contributed by atoms with Gasteiger partial charge < -0.3 is 9.52 Å². The van der Waals surface area contributed by atoms with Gasteiger partial charge in [0.15, 0.2) is 0 Å². The number of hydrogen-bond donors (Lipinski definition) is 1. The van der Waals surface area contributed by atoms with Crippen molar-refractivity contribution in [1.82, 2.24) is 4.57 Å². The van der Waals surface area contributed by atoms with Crippen LogP contribution in [0.5, 0.6) is 0 Å². The molecule has 0 aromatic carbocycles. The number of aliphatic hydroxyl groups is 1. The Hall–Kier alpha value is -1.47. The van der Waals surface area contributed by atoms with E-state index in [0.717, 1.165) is 6.42 Å². The van der Waals surface area contributed by atoms with Gasteiger partial charge in [-0.2, -0.15) is 0 Å². The lowest BCUT2D eigenvalue weighted by molar-refractivity contribution is 0.213. The Balaban J connectivity index is 2.41. The Kier molecular flexibility index (Phi) is 4.02. The summed E-state index contributed by atoms with van der Waals surface area (Å²) >= 11 is 0. The molecule has 0 aliphatic heterocycles. The van der Waals surface area contributed by atoms with Crippen LogP contribution in [0.4, 0.5) is 0 Å². The van der Waals surface area contributed by atoms with Crippen LogP contribution < -0.4 is 5.76 Å². The molecule has 0 bridgehead atoms. The summed E-state index contributed by atoms with van der Waals surface area (Å²) in [5.41, 5.74) is 0. The first-order chi connectivity index (χ1) is 6.74. The number of aromatic nitrogens is 1. The van der Waals surface area contributed by atoms with Gasteiger partial charge in [-0.1, -0.05) is 12.8 Å². The molecule has 0 aliphatic rings. The third-order valence-electron chi connectivity index (χ3n) is 1.73. The summed E-state index contributed by atoms with van der Waals surface area (Å²) in [5, 5.41) is 9.35. The van der Waals surface area contributed by atoms with E-state index >= 15 is 0 Å². The normalized spacial score (nSPS) is 11.9. The van der Waals surface area contributed by atoms with Crippen molar-refractivity contribution in [2.75, 3.05) is 0 Å². The van der Waals surface area contributed by atoms with Gasteiger partial charge in [-0.15, -0.1) is 5.92 Å². The van der Waals surface area contributed by atoms with Gasteiger partial charge in [-0.25, -0.2) is 4.79 Å². The molecular weight excluding hydrogens is 182 g/mol. The lowest BCUT2D eigenvalue weighted by Gasteiger charge is -2.02. The minimum Gasteiger partial charge on any atom is -0.416 e. The van der Waals surface area contributed by atoms with Gasteiger partial charge in [0.2, 0.25) is 0 Å². The fourth-order valence-electron chi connectivity index (χ4n) is 1.01. The van der Waals surface area contributed by atoms with Crippen molar-refractivity contribution in [3.05, 3.63) is 23.0 Å². The van der Waals surface area contributed by atoms with E-state index < -0.39 is 11.9 Å². The minimum atomic E-state index is -0.670. The molecule has 14 heavy (non-hydrogen) atoms. The molecule has 1 aromatic heterocycles. The molecule has 0 amide bonds. The summed E-state index contributed by atoms with van der Waals surface area (Å²) in [7, 11) is 0. The highest BCUT2D eigenvalue weighted by Gasteiger charge is 2.02. The number of aliphatic hydroxyl groups excluding tert-OH is 1. The Morgan fingerprint density at radius 1 is 1.71 bits per heavy atom. The van der Waals surface area contributed by atoms with Crippen LogP contribution in [-0.2, 0) is 6.54 Å². The number of nitrogens with zero attached hydrogens (tertiary/aromatic N) is 1. The van der Waals surface area contributed by atoms with E-state index in [1.807, 2.05) is 6.92 Å². The van der Waals surface area contributed by atoms with Crippen LogP contribution in [0.1, 0.15) is 19.8 Å². The maximum Gasteiger partial charge on any atom is 0.418 e. The zero-order valence-electron chi connectivity index (χ0n) is 8.06. The van der Waals surface area contributed by atoms with Crippen molar-refractivity contribution in [3.8, 4) is 11.8 Å². The fourth-order valence-corrected chi connectivity index (χ4v) is 1.01. The maximum absolute atomic E-state index is 10.9. The van der Waals surface area contributed by atoms with Crippen molar-refractivity contribution < 1.29 is 9.52 Å². The predicted molar refractivity (Wildman–Crippen MR) is 51.7 cm³/mol. The zero-order valence-corrected chi connectivity index (χ0v) is 8.06. The maximum atomic E-state index is 10.9. The van der Waals surface area contributed by atoms with Crippen LogP contribution in [0, 0.1) is 11.8 Å². The van der Waals surface area contributed by atoms with Gasteiger partial charge in [0.05, 0.1) is 0 Å². The van der Waals surface area contributed by atoms with Gasteiger partial charge in [0.25, 0.3) is 0 Å². The lowest BCUT2D eigenvalue weighted by atomic mass is 10.2. The van der Waals surface area contributed by atoms with Crippen LogP contribution in [0.2, 0.25) is 0 Å². The summed E-state index contributed by atoms with van der Waals surface area (Å²) in [6.45, 7) is 2.34. The molecular formula is C10H13NO3. The molecule has 0 aliphatic carbocycles. The van der Waals surface area contributed by atoms with Crippen molar-refractivity contribution in [2.45, 2.75) is 32.4 Å². The summed E-state index contributed by atoms with van der Waals surface area (Å²) in [5.74, 6) is 5.05. The second kappa shape index (κ2) is 5.30. The first-order valence-corrected chi connectivity index (χ1v) is 4.54. The third kappa shape index (κ3) is 3.11. The summed E-state index contributed by atoms with van der Waals surface area (Å²) < 4.78 is 5.97. The SMILES string of the molecule is CCC#CC(O)CCn1ccoc1=O. The highest BCUT2D eigenvalue weighted by molar-refractivity contribution is 5.03. The molecule has 76 valence electrons. The summed E-state index contributed by atoms with van der Waals surface area (Å²) in [4.78, 5) is 10.9. The highest BCUT2D eigenvalue weighted by atomic mass is 16.4. The Morgan fingerprint density at radius 2 is 2.50 bits per heavy atom. The standard InChI is InChI=1S/C10H13NO3/c1-2-3-4-9(12)5-6-11-7-8-14-10(11)13/h7-9,12H,2,5-6H2,1H3. The second-order valence-electron chi connectivity index (χ2n) is 2.84. The molecule has 1 N–H and O–H groups in total. The quantitative estimate of drug-likeness (QED) is 0.719. The highest BCUT2D eigenvalue weighted by Crippen LogP contribution is 1.93. The molecule has 1 atom stereocenters. The number of rotatable bonds is 3. The van der Waals surface area contributed by atoms with Gasteiger partial charge in [0.1, 0.15) is 12.4 Å². The molecule has 1 aromatic rings. The van der Waals surface area contributed by atoms with Crippen molar-refractivity contribution >= 4 is 0 Å². The van der Waals surface area contributed by atoms with Gasteiger partial charge in [-0.3, -0.25) is 4.57 Å². The molecule has 0 radical (unpaired) electrons. The Morgan fingerprint density at radius 3 is 3.07 bits per heavy atom. The molecule has 1 unspecified atom stereocenters. The minimum absolute atomic E-state index is 0.402. The van der Waals surface area contributed by atoms with E-state index in [9.17, 15) is 9.90 Å².